The third-order valence-electron chi connectivity index (χ3n) is 3.73. The molecule has 1 N–H and O–H groups in total. The largest absolute Gasteiger partial charge is 0.310 e. The van der Waals surface area contributed by atoms with Gasteiger partial charge in [-0.3, -0.25) is 0 Å². The first-order valence-electron chi connectivity index (χ1n) is 7.79. The Morgan fingerprint density at radius 2 is 1.76 bits per heavy atom. The van der Waals surface area contributed by atoms with Crippen LogP contribution in [0.2, 0.25) is 5.02 Å². The fourth-order valence-electron chi connectivity index (χ4n) is 2.56. The van der Waals surface area contributed by atoms with E-state index >= 15 is 0 Å². The Balaban J connectivity index is 2.20. The van der Waals surface area contributed by atoms with E-state index in [4.69, 9.17) is 11.6 Å². The summed E-state index contributed by atoms with van der Waals surface area (Å²) >= 11 is 6.11. The predicted molar refractivity (Wildman–Crippen MR) is 92.0 cm³/mol. The number of rotatable bonds is 7. The summed E-state index contributed by atoms with van der Waals surface area (Å²) in [7, 11) is 0. The lowest BCUT2D eigenvalue weighted by Crippen LogP contribution is -2.24. The fraction of sp³-hybridized carbons (Fsp3) is 0.368. The number of aryl methyl sites for hydroxylation is 1. The van der Waals surface area contributed by atoms with Crippen LogP contribution in [0.15, 0.2) is 48.5 Å². The van der Waals surface area contributed by atoms with Crippen molar-refractivity contribution in [2.45, 2.75) is 39.2 Å². The summed E-state index contributed by atoms with van der Waals surface area (Å²) in [6, 6.07) is 17.4. The van der Waals surface area contributed by atoms with E-state index in [0.717, 1.165) is 30.8 Å². The van der Waals surface area contributed by atoms with E-state index in [-0.39, 0.29) is 0 Å². The molecule has 0 spiro atoms. The third kappa shape index (κ3) is 4.87. The minimum Gasteiger partial charge on any atom is -0.310 e. The van der Waals surface area contributed by atoms with Crippen molar-refractivity contribution >= 4 is 11.6 Å². The Morgan fingerprint density at radius 3 is 2.48 bits per heavy atom. The maximum Gasteiger partial charge on any atom is 0.0408 e. The van der Waals surface area contributed by atoms with Gasteiger partial charge in [-0.05, 0) is 54.6 Å². The highest BCUT2D eigenvalue weighted by molar-refractivity contribution is 6.30. The number of halogens is 1. The van der Waals surface area contributed by atoms with E-state index in [1.54, 1.807) is 0 Å². The average molecular weight is 302 g/mol. The molecule has 2 rings (SSSR count). The van der Waals surface area contributed by atoms with Crippen LogP contribution in [0, 0.1) is 0 Å². The van der Waals surface area contributed by atoms with E-state index in [1.165, 1.54) is 16.7 Å². The molecule has 0 radical (unpaired) electrons. The number of benzene rings is 2. The van der Waals surface area contributed by atoms with Crippen molar-refractivity contribution in [1.29, 1.82) is 0 Å². The molecule has 0 amide bonds. The van der Waals surface area contributed by atoms with Crippen LogP contribution >= 0.6 is 11.6 Å². The molecule has 2 heteroatoms. The van der Waals surface area contributed by atoms with Crippen molar-refractivity contribution in [3.05, 3.63) is 70.2 Å². The van der Waals surface area contributed by atoms with Crippen LogP contribution in [-0.2, 0) is 12.8 Å². The molecule has 0 aliphatic heterocycles. The summed E-state index contributed by atoms with van der Waals surface area (Å²) < 4.78 is 0. The molecule has 21 heavy (non-hydrogen) atoms. The average Bonchev–Trinajstić information content (AvgIpc) is 2.51. The van der Waals surface area contributed by atoms with E-state index < -0.39 is 0 Å². The van der Waals surface area contributed by atoms with Crippen LogP contribution in [0.1, 0.15) is 43.0 Å². The van der Waals surface area contributed by atoms with Crippen molar-refractivity contribution in [3.63, 3.8) is 0 Å². The molecule has 0 heterocycles. The molecule has 1 nitrogen and oxygen atoms in total. The first-order chi connectivity index (χ1) is 10.2. The summed E-state index contributed by atoms with van der Waals surface area (Å²) in [5.74, 6) is 0. The lowest BCUT2D eigenvalue weighted by Gasteiger charge is -2.20. The van der Waals surface area contributed by atoms with Gasteiger partial charge in [0, 0.05) is 11.1 Å². The van der Waals surface area contributed by atoms with Crippen molar-refractivity contribution in [3.8, 4) is 0 Å². The van der Waals surface area contributed by atoms with Gasteiger partial charge < -0.3 is 5.32 Å². The summed E-state index contributed by atoms with van der Waals surface area (Å²) in [6.45, 7) is 5.43. The van der Waals surface area contributed by atoms with E-state index in [9.17, 15) is 0 Å². The zero-order chi connectivity index (χ0) is 15.1. The normalized spacial score (nSPS) is 12.3. The van der Waals surface area contributed by atoms with Crippen LogP contribution in [0.4, 0.5) is 0 Å². The molecule has 2 aromatic rings. The van der Waals surface area contributed by atoms with Gasteiger partial charge in [0.25, 0.3) is 0 Å². The first kappa shape index (κ1) is 16.1. The molecule has 0 bridgehead atoms. The molecule has 0 saturated heterocycles. The predicted octanol–water partition coefficient (Wildman–Crippen LogP) is 5.19. The second kappa shape index (κ2) is 8.21. The van der Waals surface area contributed by atoms with Gasteiger partial charge in [0.15, 0.2) is 0 Å². The molecule has 0 aromatic heterocycles. The van der Waals surface area contributed by atoms with Gasteiger partial charge in [-0.2, -0.15) is 0 Å². The van der Waals surface area contributed by atoms with Crippen LogP contribution in [-0.4, -0.2) is 6.54 Å². The zero-order valence-corrected chi connectivity index (χ0v) is 13.7. The molecule has 1 unspecified atom stereocenters. The molecule has 0 saturated carbocycles. The van der Waals surface area contributed by atoms with Gasteiger partial charge in [0.05, 0.1) is 0 Å². The van der Waals surface area contributed by atoms with E-state index in [2.05, 4.69) is 55.6 Å². The summed E-state index contributed by atoms with van der Waals surface area (Å²) in [5.41, 5.74) is 4.03. The maximum absolute atomic E-state index is 6.11. The van der Waals surface area contributed by atoms with Gasteiger partial charge in [-0.15, -0.1) is 0 Å². The van der Waals surface area contributed by atoms with Gasteiger partial charge in [-0.1, -0.05) is 61.8 Å². The molecule has 0 aliphatic carbocycles. The van der Waals surface area contributed by atoms with Gasteiger partial charge >= 0.3 is 0 Å². The SMILES string of the molecule is CCCNC(Cc1cccc(Cl)c1)c1cccc(CC)c1. The summed E-state index contributed by atoms with van der Waals surface area (Å²) in [6.07, 6.45) is 3.18. The Hall–Kier alpha value is -1.31. The molecular formula is C19H24ClN. The molecular weight excluding hydrogens is 278 g/mol. The summed E-state index contributed by atoms with van der Waals surface area (Å²) in [5, 5.41) is 4.47. The van der Waals surface area contributed by atoms with Gasteiger partial charge in [0.1, 0.15) is 0 Å². The Morgan fingerprint density at radius 1 is 1.00 bits per heavy atom. The minimum atomic E-state index is 0.343. The van der Waals surface area contributed by atoms with Crippen LogP contribution in [0.3, 0.4) is 0 Å². The monoisotopic (exact) mass is 301 g/mol. The van der Waals surface area contributed by atoms with Crippen molar-refractivity contribution in [2.75, 3.05) is 6.54 Å². The van der Waals surface area contributed by atoms with Crippen molar-refractivity contribution in [2.24, 2.45) is 0 Å². The topological polar surface area (TPSA) is 12.0 Å². The minimum absolute atomic E-state index is 0.343. The lowest BCUT2D eigenvalue weighted by molar-refractivity contribution is 0.529. The second-order valence-corrected chi connectivity index (χ2v) is 5.88. The van der Waals surface area contributed by atoms with Gasteiger partial charge in [-0.25, -0.2) is 0 Å². The molecule has 0 aliphatic rings. The maximum atomic E-state index is 6.11. The molecule has 0 fully saturated rings. The number of nitrogens with one attached hydrogen (secondary N) is 1. The number of hydrogen-bond donors (Lipinski definition) is 1. The second-order valence-electron chi connectivity index (χ2n) is 5.44. The fourth-order valence-corrected chi connectivity index (χ4v) is 2.77. The van der Waals surface area contributed by atoms with Crippen LogP contribution in [0.25, 0.3) is 0 Å². The highest BCUT2D eigenvalue weighted by Crippen LogP contribution is 2.21. The van der Waals surface area contributed by atoms with Crippen molar-refractivity contribution < 1.29 is 0 Å². The smallest absolute Gasteiger partial charge is 0.0408 e. The lowest BCUT2D eigenvalue weighted by atomic mass is 9.96. The number of hydrogen-bond acceptors (Lipinski definition) is 1. The van der Waals surface area contributed by atoms with Crippen LogP contribution in [0.5, 0.6) is 0 Å². The van der Waals surface area contributed by atoms with Crippen LogP contribution < -0.4 is 5.32 Å². The highest BCUT2D eigenvalue weighted by atomic mass is 35.5. The third-order valence-corrected chi connectivity index (χ3v) is 3.97. The molecule has 2 aromatic carbocycles. The first-order valence-corrected chi connectivity index (χ1v) is 8.17. The quantitative estimate of drug-likeness (QED) is 0.742. The van der Waals surface area contributed by atoms with E-state index in [1.807, 2.05) is 12.1 Å². The van der Waals surface area contributed by atoms with E-state index in [0.29, 0.717) is 6.04 Å². The Kier molecular flexibility index (Phi) is 6.28. The Labute approximate surface area is 133 Å². The zero-order valence-electron chi connectivity index (χ0n) is 12.9. The molecule has 1 atom stereocenters. The van der Waals surface area contributed by atoms with Gasteiger partial charge in [0.2, 0.25) is 0 Å². The standard InChI is InChI=1S/C19H24ClN/c1-3-11-21-19(14-16-8-6-10-18(20)13-16)17-9-5-7-15(4-2)12-17/h5-10,12-13,19,21H,3-4,11,14H2,1-2H3. The molecule has 112 valence electrons. The van der Waals surface area contributed by atoms with Crippen molar-refractivity contribution in [1.82, 2.24) is 5.32 Å². The Bertz CT molecular complexity index is 565. The summed E-state index contributed by atoms with van der Waals surface area (Å²) in [4.78, 5) is 0. The highest BCUT2D eigenvalue weighted by Gasteiger charge is 2.12.